The molecule has 0 saturated heterocycles. The van der Waals surface area contributed by atoms with Crippen molar-refractivity contribution >= 4 is 44.6 Å². The number of thiophene rings is 2. The molecule has 3 aromatic heterocycles. The van der Waals surface area contributed by atoms with Gasteiger partial charge in [0.25, 0.3) is 0 Å². The van der Waals surface area contributed by atoms with E-state index in [0.29, 0.717) is 35.7 Å². The standard InChI is InChI=1S/C23H26N4O6S3/c1-12-16(22-15-3-5-34-19(15)2-4-32-22)8-20(35-12)21(29)17-9-25-11-26-23(17)27-14-6-13(18(28)7-14)10-33-36(24,30)31/h3,5,8-9,11,13-14,18,22,28H,2,4,6-7,10H2,1H3,(H2,24,30,31)(H,25,26,27)/t13-,14-,18+,22?/m1/s1. The highest BCUT2D eigenvalue weighted by Gasteiger charge is 2.35. The summed E-state index contributed by atoms with van der Waals surface area (Å²) < 4.78 is 32.9. The van der Waals surface area contributed by atoms with Crippen LogP contribution in [0.4, 0.5) is 5.82 Å². The average Bonchev–Trinajstić information content (AvgIpc) is 3.55. The number of hydrogen-bond acceptors (Lipinski definition) is 11. The fourth-order valence-electron chi connectivity index (χ4n) is 4.79. The summed E-state index contributed by atoms with van der Waals surface area (Å²) >= 11 is 3.15. The van der Waals surface area contributed by atoms with Gasteiger partial charge in [0.1, 0.15) is 18.2 Å². The van der Waals surface area contributed by atoms with Crippen molar-refractivity contribution in [3.8, 4) is 0 Å². The zero-order valence-corrected chi connectivity index (χ0v) is 21.9. The average molecular weight is 551 g/mol. The molecule has 1 aliphatic heterocycles. The summed E-state index contributed by atoms with van der Waals surface area (Å²) in [7, 11) is -4.09. The molecule has 13 heteroatoms. The lowest BCUT2D eigenvalue weighted by Crippen LogP contribution is -2.24. The van der Waals surface area contributed by atoms with Crippen molar-refractivity contribution < 1.29 is 27.2 Å². The Morgan fingerprint density at radius 1 is 1.36 bits per heavy atom. The summed E-state index contributed by atoms with van der Waals surface area (Å²) in [6, 6.07) is 3.76. The summed E-state index contributed by atoms with van der Waals surface area (Å²) in [6.45, 7) is 2.43. The van der Waals surface area contributed by atoms with E-state index in [1.54, 1.807) is 11.3 Å². The number of carbonyl (C=O) groups is 1. The predicted octanol–water partition coefficient (Wildman–Crippen LogP) is 2.57. The molecule has 1 aliphatic carbocycles. The molecule has 0 bridgehead atoms. The van der Waals surface area contributed by atoms with Gasteiger partial charge >= 0.3 is 10.3 Å². The van der Waals surface area contributed by atoms with Crippen molar-refractivity contribution in [1.82, 2.24) is 9.97 Å². The lowest BCUT2D eigenvalue weighted by Gasteiger charge is -2.23. The van der Waals surface area contributed by atoms with E-state index in [4.69, 9.17) is 9.88 Å². The molecule has 0 spiro atoms. The lowest BCUT2D eigenvalue weighted by atomic mass is 9.99. The molecule has 0 aromatic carbocycles. The van der Waals surface area contributed by atoms with Crippen LogP contribution in [0.3, 0.4) is 0 Å². The second kappa shape index (κ2) is 10.2. The molecule has 2 aliphatic rings. The second-order valence-electron chi connectivity index (χ2n) is 8.95. The maximum absolute atomic E-state index is 13.5. The highest BCUT2D eigenvalue weighted by atomic mass is 32.2. The molecule has 0 amide bonds. The van der Waals surface area contributed by atoms with Crippen molar-refractivity contribution in [3.63, 3.8) is 0 Å². The zero-order chi connectivity index (χ0) is 25.4. The van der Waals surface area contributed by atoms with Crippen LogP contribution in [0.1, 0.15) is 55.1 Å². The number of carbonyl (C=O) groups excluding carboxylic acids is 1. The topological polar surface area (TPSA) is 154 Å². The third-order valence-electron chi connectivity index (χ3n) is 6.54. The maximum Gasteiger partial charge on any atom is 0.333 e. The number of nitrogens with two attached hydrogens (primary N) is 1. The Kier molecular flexibility index (Phi) is 7.23. The van der Waals surface area contributed by atoms with Crippen molar-refractivity contribution in [1.29, 1.82) is 0 Å². The van der Waals surface area contributed by atoms with Crippen molar-refractivity contribution in [2.75, 3.05) is 18.5 Å². The Hall–Kier alpha value is -2.26. The van der Waals surface area contributed by atoms with E-state index in [2.05, 4.69) is 30.9 Å². The Bertz CT molecular complexity index is 1370. The van der Waals surface area contributed by atoms with E-state index in [-0.39, 0.29) is 24.5 Å². The molecule has 1 fully saturated rings. The molecule has 4 N–H and O–H groups in total. The van der Waals surface area contributed by atoms with Crippen molar-refractivity contribution in [2.24, 2.45) is 11.1 Å². The number of hydrogen-bond donors (Lipinski definition) is 3. The predicted molar refractivity (Wildman–Crippen MR) is 136 cm³/mol. The Labute approximate surface area is 216 Å². The molecule has 3 aromatic rings. The SMILES string of the molecule is Cc1sc(C(=O)c2cncnc2N[C@@H]2C[C@H](COS(N)(=O)=O)[C@@H](O)C2)cc1C1OCCc2sccc21. The van der Waals surface area contributed by atoms with Crippen molar-refractivity contribution in [3.05, 3.63) is 61.4 Å². The van der Waals surface area contributed by atoms with Crippen LogP contribution in [0.5, 0.6) is 0 Å². The first-order valence-electron chi connectivity index (χ1n) is 11.4. The molecule has 4 atom stereocenters. The number of ketones is 1. The van der Waals surface area contributed by atoms with Gasteiger partial charge in [-0.1, -0.05) is 0 Å². The quantitative estimate of drug-likeness (QED) is 0.359. The van der Waals surface area contributed by atoms with Gasteiger partial charge in [-0.15, -0.1) is 22.7 Å². The van der Waals surface area contributed by atoms with E-state index >= 15 is 0 Å². The normalized spacial score (nSPS) is 24.0. The van der Waals surface area contributed by atoms with E-state index in [9.17, 15) is 18.3 Å². The minimum Gasteiger partial charge on any atom is -0.393 e. The number of ether oxygens (including phenoxy) is 1. The van der Waals surface area contributed by atoms with Crippen LogP contribution in [-0.4, -0.2) is 54.6 Å². The summed E-state index contributed by atoms with van der Waals surface area (Å²) in [5, 5.41) is 20.5. The molecular formula is C23H26N4O6S3. The highest BCUT2D eigenvalue weighted by molar-refractivity contribution is 7.84. The molecule has 10 nitrogen and oxygen atoms in total. The summed E-state index contributed by atoms with van der Waals surface area (Å²) in [6.07, 6.45) is 3.56. The molecule has 1 unspecified atom stereocenters. The molecule has 0 radical (unpaired) electrons. The van der Waals surface area contributed by atoms with Gasteiger partial charge in [0, 0.05) is 34.3 Å². The zero-order valence-electron chi connectivity index (χ0n) is 19.4. The van der Waals surface area contributed by atoms with Gasteiger partial charge in [-0.05, 0) is 48.4 Å². The van der Waals surface area contributed by atoms with Crippen LogP contribution in [0.2, 0.25) is 0 Å². The number of aryl methyl sites for hydroxylation is 1. The largest absolute Gasteiger partial charge is 0.393 e. The number of aliphatic hydroxyl groups excluding tert-OH is 1. The molecular weight excluding hydrogens is 524 g/mol. The Balaban J connectivity index is 1.33. The van der Waals surface area contributed by atoms with E-state index in [1.165, 1.54) is 28.7 Å². The fourth-order valence-corrected chi connectivity index (χ4v) is 7.05. The number of aliphatic hydroxyl groups is 1. The fraction of sp³-hybridized carbons (Fsp3) is 0.435. The maximum atomic E-state index is 13.5. The van der Waals surface area contributed by atoms with Gasteiger partial charge in [-0.3, -0.25) is 8.98 Å². The number of nitrogens with one attached hydrogen (secondary N) is 1. The second-order valence-corrected chi connectivity index (χ2v) is 12.4. The smallest absolute Gasteiger partial charge is 0.333 e. The van der Waals surface area contributed by atoms with Gasteiger partial charge < -0.3 is 15.2 Å². The first-order valence-corrected chi connectivity index (χ1v) is 14.6. The van der Waals surface area contributed by atoms with Gasteiger partial charge in [-0.2, -0.15) is 8.42 Å². The van der Waals surface area contributed by atoms with E-state index in [0.717, 1.165) is 22.4 Å². The third-order valence-corrected chi connectivity index (χ3v) is 9.07. The van der Waals surface area contributed by atoms with Crippen LogP contribution < -0.4 is 10.5 Å². The molecule has 5 rings (SSSR count). The molecule has 36 heavy (non-hydrogen) atoms. The minimum atomic E-state index is -4.09. The van der Waals surface area contributed by atoms with Crippen LogP contribution in [0.25, 0.3) is 0 Å². The number of aromatic nitrogens is 2. The van der Waals surface area contributed by atoms with Gasteiger partial charge in [-0.25, -0.2) is 15.1 Å². The van der Waals surface area contributed by atoms with Gasteiger partial charge in [0.15, 0.2) is 0 Å². The first-order chi connectivity index (χ1) is 17.2. The van der Waals surface area contributed by atoms with E-state index < -0.39 is 22.3 Å². The molecule has 192 valence electrons. The van der Waals surface area contributed by atoms with Gasteiger partial charge in [0.05, 0.1) is 29.8 Å². The van der Waals surface area contributed by atoms with Crippen LogP contribution in [-0.2, 0) is 25.6 Å². The van der Waals surface area contributed by atoms with Crippen LogP contribution >= 0.6 is 22.7 Å². The van der Waals surface area contributed by atoms with Gasteiger partial charge in [0.2, 0.25) is 5.78 Å². The lowest BCUT2D eigenvalue weighted by molar-refractivity contribution is 0.0711. The molecule has 4 heterocycles. The Morgan fingerprint density at radius 3 is 3.00 bits per heavy atom. The minimum absolute atomic E-state index is 0.182. The summed E-state index contributed by atoms with van der Waals surface area (Å²) in [4.78, 5) is 24.8. The number of nitrogens with zero attached hydrogens (tertiary/aromatic N) is 2. The first kappa shape index (κ1) is 25.4. The summed E-state index contributed by atoms with van der Waals surface area (Å²) in [5.74, 6) is -0.255. The van der Waals surface area contributed by atoms with Crippen LogP contribution in [0, 0.1) is 12.8 Å². The third kappa shape index (κ3) is 5.37. The molecule has 1 saturated carbocycles. The monoisotopic (exact) mass is 550 g/mol. The highest BCUT2D eigenvalue weighted by Crippen LogP contribution is 2.40. The van der Waals surface area contributed by atoms with E-state index in [1.807, 2.05) is 13.0 Å². The van der Waals surface area contributed by atoms with Crippen LogP contribution in [0.15, 0.2) is 30.0 Å². The number of fused-ring (bicyclic) bond motifs is 1. The summed E-state index contributed by atoms with van der Waals surface area (Å²) in [5.41, 5.74) is 2.48. The number of rotatable bonds is 8. The van der Waals surface area contributed by atoms with Crippen molar-refractivity contribution in [2.45, 2.75) is 44.4 Å². The number of anilines is 1. The Morgan fingerprint density at radius 2 is 2.19 bits per heavy atom.